The van der Waals surface area contributed by atoms with Gasteiger partial charge in [0.2, 0.25) is 0 Å². The van der Waals surface area contributed by atoms with Crippen molar-refractivity contribution in [3.63, 3.8) is 0 Å². The summed E-state index contributed by atoms with van der Waals surface area (Å²) in [5.74, 6) is 0.383. The normalized spacial score (nSPS) is 42.9. The molecule has 0 saturated carbocycles. The Morgan fingerprint density at radius 2 is 2.36 bits per heavy atom. The van der Waals surface area contributed by atoms with Crippen LogP contribution < -0.4 is 5.32 Å². The molecule has 0 aromatic rings. The van der Waals surface area contributed by atoms with Crippen LogP contribution in [0, 0.1) is 5.92 Å². The van der Waals surface area contributed by atoms with Crippen LogP contribution in [0.2, 0.25) is 0 Å². The van der Waals surface area contributed by atoms with E-state index in [4.69, 9.17) is 4.74 Å². The van der Waals surface area contributed by atoms with Crippen LogP contribution in [0.25, 0.3) is 0 Å². The molecule has 3 nitrogen and oxygen atoms in total. The Bertz CT molecular complexity index is 239. The molecule has 4 unspecified atom stereocenters. The Morgan fingerprint density at radius 3 is 2.86 bits per heavy atom. The lowest BCUT2D eigenvalue weighted by Crippen LogP contribution is -2.23. The van der Waals surface area contributed by atoms with Gasteiger partial charge in [0.05, 0.1) is 12.2 Å². The van der Waals surface area contributed by atoms with Gasteiger partial charge in [-0.2, -0.15) is 0 Å². The third-order valence-corrected chi connectivity index (χ3v) is 3.40. The quantitative estimate of drug-likeness (QED) is 0.640. The predicted molar refractivity (Wildman–Crippen MR) is 55.1 cm³/mol. The number of aliphatic hydroxyl groups excluding tert-OH is 1. The van der Waals surface area contributed by atoms with Crippen LogP contribution >= 0.6 is 0 Å². The molecule has 0 spiro atoms. The summed E-state index contributed by atoms with van der Waals surface area (Å²) in [6.45, 7) is 3.03. The Hall–Kier alpha value is -0.380. The molecular formula is C11H19NO2. The number of nitrogens with one attached hydrogen (secondary N) is 1. The van der Waals surface area contributed by atoms with Crippen molar-refractivity contribution < 1.29 is 9.84 Å². The monoisotopic (exact) mass is 197 g/mol. The minimum Gasteiger partial charge on any atom is -0.389 e. The van der Waals surface area contributed by atoms with Crippen molar-refractivity contribution in [3.05, 3.63) is 11.6 Å². The fourth-order valence-corrected chi connectivity index (χ4v) is 2.37. The first-order valence-corrected chi connectivity index (χ1v) is 5.35. The standard InChI is InChI=1S/C11H19NO2/c1-7-3-8(4-11(7)13)10-5-9(14-2)6-12-10/h4,7,9-13H,3,5-6H2,1-2H3. The third kappa shape index (κ3) is 1.85. The van der Waals surface area contributed by atoms with E-state index in [1.165, 1.54) is 5.57 Å². The van der Waals surface area contributed by atoms with Gasteiger partial charge in [0.25, 0.3) is 0 Å². The molecule has 80 valence electrons. The maximum Gasteiger partial charge on any atom is 0.0752 e. The largest absolute Gasteiger partial charge is 0.389 e. The van der Waals surface area contributed by atoms with Crippen molar-refractivity contribution in [2.45, 2.75) is 38.0 Å². The summed E-state index contributed by atoms with van der Waals surface area (Å²) >= 11 is 0. The van der Waals surface area contributed by atoms with Crippen LogP contribution in [-0.2, 0) is 4.74 Å². The average Bonchev–Trinajstić information content (AvgIpc) is 2.74. The lowest BCUT2D eigenvalue weighted by molar-refractivity contribution is 0.118. The zero-order valence-electron chi connectivity index (χ0n) is 8.86. The molecule has 0 aromatic carbocycles. The first-order valence-electron chi connectivity index (χ1n) is 5.35. The first-order chi connectivity index (χ1) is 6.70. The van der Waals surface area contributed by atoms with E-state index in [9.17, 15) is 5.11 Å². The number of hydrogen-bond donors (Lipinski definition) is 2. The minimum atomic E-state index is -0.242. The second kappa shape index (κ2) is 4.01. The summed E-state index contributed by atoms with van der Waals surface area (Å²) < 4.78 is 5.30. The van der Waals surface area contributed by atoms with Crippen molar-refractivity contribution in [1.29, 1.82) is 0 Å². The van der Waals surface area contributed by atoms with Gasteiger partial charge in [-0.15, -0.1) is 0 Å². The zero-order valence-corrected chi connectivity index (χ0v) is 8.86. The molecule has 14 heavy (non-hydrogen) atoms. The van der Waals surface area contributed by atoms with E-state index in [0.717, 1.165) is 19.4 Å². The molecule has 1 aliphatic heterocycles. The van der Waals surface area contributed by atoms with Gasteiger partial charge in [0, 0.05) is 19.7 Å². The number of ether oxygens (including phenoxy) is 1. The number of hydrogen-bond acceptors (Lipinski definition) is 3. The number of methoxy groups -OCH3 is 1. The second-order valence-electron chi connectivity index (χ2n) is 4.47. The van der Waals surface area contributed by atoms with Crippen molar-refractivity contribution in [2.24, 2.45) is 5.92 Å². The Kier molecular flexibility index (Phi) is 2.91. The maximum absolute atomic E-state index is 9.62. The Labute approximate surface area is 85.1 Å². The van der Waals surface area contributed by atoms with Gasteiger partial charge in [-0.25, -0.2) is 0 Å². The van der Waals surface area contributed by atoms with Crippen LogP contribution in [0.3, 0.4) is 0 Å². The van der Waals surface area contributed by atoms with Crippen LogP contribution in [0.1, 0.15) is 19.8 Å². The molecule has 2 rings (SSSR count). The zero-order chi connectivity index (χ0) is 10.1. The second-order valence-corrected chi connectivity index (χ2v) is 4.47. The maximum atomic E-state index is 9.62. The van der Waals surface area contributed by atoms with Gasteiger partial charge in [0.1, 0.15) is 0 Å². The molecule has 0 amide bonds. The van der Waals surface area contributed by atoms with Crippen LogP contribution in [-0.4, -0.2) is 37.0 Å². The molecule has 1 heterocycles. The van der Waals surface area contributed by atoms with Crippen molar-refractivity contribution in [2.75, 3.05) is 13.7 Å². The van der Waals surface area contributed by atoms with Crippen LogP contribution in [0.4, 0.5) is 0 Å². The van der Waals surface area contributed by atoms with Crippen LogP contribution in [0.15, 0.2) is 11.6 Å². The topological polar surface area (TPSA) is 41.5 Å². The summed E-state index contributed by atoms with van der Waals surface area (Å²) in [6, 6.07) is 0.430. The smallest absolute Gasteiger partial charge is 0.0752 e. The van der Waals surface area contributed by atoms with Crippen LogP contribution in [0.5, 0.6) is 0 Å². The summed E-state index contributed by atoms with van der Waals surface area (Å²) in [5, 5.41) is 13.1. The lowest BCUT2D eigenvalue weighted by atomic mass is 10.0. The summed E-state index contributed by atoms with van der Waals surface area (Å²) in [4.78, 5) is 0. The molecule has 0 aromatic heterocycles. The highest BCUT2D eigenvalue weighted by Gasteiger charge is 2.31. The van der Waals surface area contributed by atoms with Crippen molar-refractivity contribution in [3.8, 4) is 0 Å². The summed E-state index contributed by atoms with van der Waals surface area (Å²) in [7, 11) is 1.76. The Balaban J connectivity index is 1.95. The van der Waals surface area contributed by atoms with E-state index in [2.05, 4.69) is 12.2 Å². The third-order valence-electron chi connectivity index (χ3n) is 3.40. The predicted octanol–water partition coefficient (Wildman–Crippen LogP) is 0.690. The Morgan fingerprint density at radius 1 is 1.57 bits per heavy atom. The molecule has 3 heteroatoms. The molecule has 1 aliphatic carbocycles. The SMILES string of the molecule is COC1CNC(C2=CC(O)C(C)C2)C1. The van der Waals surface area contributed by atoms with Gasteiger partial charge < -0.3 is 15.2 Å². The lowest BCUT2D eigenvalue weighted by Gasteiger charge is -2.12. The van der Waals surface area contributed by atoms with E-state index in [-0.39, 0.29) is 6.10 Å². The first kappa shape index (κ1) is 10.1. The average molecular weight is 197 g/mol. The van der Waals surface area contributed by atoms with Gasteiger partial charge in [-0.3, -0.25) is 0 Å². The molecule has 1 fully saturated rings. The fraction of sp³-hybridized carbons (Fsp3) is 0.818. The molecular weight excluding hydrogens is 178 g/mol. The molecule has 2 N–H and O–H groups in total. The van der Waals surface area contributed by atoms with E-state index in [1.54, 1.807) is 7.11 Å². The molecule has 2 aliphatic rings. The van der Waals surface area contributed by atoms with Gasteiger partial charge >= 0.3 is 0 Å². The van der Waals surface area contributed by atoms with E-state index >= 15 is 0 Å². The number of aliphatic hydroxyl groups is 1. The van der Waals surface area contributed by atoms with E-state index < -0.39 is 0 Å². The van der Waals surface area contributed by atoms with Crippen molar-refractivity contribution in [1.82, 2.24) is 5.32 Å². The molecule has 0 radical (unpaired) electrons. The molecule has 4 atom stereocenters. The highest BCUT2D eigenvalue weighted by molar-refractivity contribution is 5.21. The van der Waals surface area contributed by atoms with Crippen molar-refractivity contribution >= 4 is 0 Å². The minimum absolute atomic E-state index is 0.242. The van der Waals surface area contributed by atoms with Gasteiger partial charge in [-0.1, -0.05) is 18.6 Å². The number of rotatable bonds is 2. The molecule has 1 saturated heterocycles. The fourth-order valence-electron chi connectivity index (χ4n) is 2.37. The summed E-state index contributed by atoms with van der Waals surface area (Å²) in [6.07, 6.45) is 4.18. The van der Waals surface area contributed by atoms with E-state index in [0.29, 0.717) is 18.1 Å². The van der Waals surface area contributed by atoms with E-state index in [1.807, 2.05) is 6.08 Å². The van der Waals surface area contributed by atoms with Gasteiger partial charge in [-0.05, 0) is 18.8 Å². The highest BCUT2D eigenvalue weighted by Crippen LogP contribution is 2.30. The van der Waals surface area contributed by atoms with Gasteiger partial charge in [0.15, 0.2) is 0 Å². The summed E-state index contributed by atoms with van der Waals surface area (Å²) in [5.41, 5.74) is 1.37. The highest BCUT2D eigenvalue weighted by atomic mass is 16.5. The molecule has 0 bridgehead atoms.